The summed E-state index contributed by atoms with van der Waals surface area (Å²) in [6.45, 7) is 3.53. The third-order valence-corrected chi connectivity index (χ3v) is 3.27. The number of hydrogen-bond acceptors (Lipinski definition) is 2. The molecule has 1 radical (unpaired) electrons. The van der Waals surface area contributed by atoms with Gasteiger partial charge in [-0.15, -0.1) is 0 Å². The van der Waals surface area contributed by atoms with Crippen molar-refractivity contribution in [3.8, 4) is 0 Å². The van der Waals surface area contributed by atoms with Gasteiger partial charge in [-0.2, -0.15) is 0 Å². The number of sulfonamides is 1. The monoisotopic (exact) mass is 216 g/mol. The van der Waals surface area contributed by atoms with E-state index in [9.17, 15) is 8.42 Å². The van der Waals surface area contributed by atoms with Crippen LogP contribution in [0.1, 0.15) is 11.1 Å². The smallest absolute Gasteiger partial charge is 0.225 e. The van der Waals surface area contributed by atoms with E-state index in [1.807, 2.05) is 6.92 Å². The van der Waals surface area contributed by atoms with Gasteiger partial charge >= 0.3 is 0 Å². The molecule has 71 valence electrons. The Morgan fingerprint density at radius 1 is 1.23 bits per heavy atom. The molecule has 0 unspecified atom stereocenters. The van der Waals surface area contributed by atoms with Gasteiger partial charge in [-0.3, -0.25) is 0 Å². The zero-order chi connectivity index (χ0) is 10.2. The van der Waals surface area contributed by atoms with E-state index in [1.165, 1.54) is 6.07 Å². The molecule has 1 aromatic carbocycles. The molecule has 0 aliphatic heterocycles. The lowest BCUT2D eigenvalue weighted by Gasteiger charge is -2.05. The number of nitrogens with two attached hydrogens (primary N) is 1. The Morgan fingerprint density at radius 2 is 1.77 bits per heavy atom. The summed E-state index contributed by atoms with van der Waals surface area (Å²) in [6, 6.07) is 3.15. The van der Waals surface area contributed by atoms with Crippen molar-refractivity contribution >= 4 is 22.7 Å². The standard InChI is InChI=1S/C8H10NO2S2/c1-5-3-6(2)8(4-7(5)12)13(9,10)11/h3-4H,1-2H3,(H2,9,10,11). The number of aryl methyl sites for hydroxylation is 2. The fraction of sp³-hybridized carbons (Fsp3) is 0.250. The number of benzene rings is 1. The molecule has 0 fully saturated rings. The topological polar surface area (TPSA) is 60.2 Å². The zero-order valence-corrected chi connectivity index (χ0v) is 9.00. The van der Waals surface area contributed by atoms with Crippen LogP contribution in [0.5, 0.6) is 0 Å². The van der Waals surface area contributed by atoms with Crippen molar-refractivity contribution in [2.24, 2.45) is 5.14 Å². The molecule has 0 aliphatic rings. The van der Waals surface area contributed by atoms with E-state index in [2.05, 4.69) is 0 Å². The molecule has 2 N–H and O–H groups in total. The Bertz CT molecular complexity index is 438. The van der Waals surface area contributed by atoms with Gasteiger partial charge in [0.1, 0.15) is 0 Å². The van der Waals surface area contributed by atoms with Crippen molar-refractivity contribution in [3.05, 3.63) is 23.3 Å². The van der Waals surface area contributed by atoms with Gasteiger partial charge in [-0.1, -0.05) is 18.7 Å². The average Bonchev–Trinajstić information content (AvgIpc) is 1.94. The Balaban J connectivity index is 3.50. The second-order valence-electron chi connectivity index (χ2n) is 2.93. The van der Waals surface area contributed by atoms with Crippen molar-refractivity contribution in [2.45, 2.75) is 23.6 Å². The molecule has 1 rings (SSSR count). The summed E-state index contributed by atoms with van der Waals surface area (Å²) in [6.07, 6.45) is 0. The number of rotatable bonds is 1. The molecule has 0 aromatic heterocycles. The first-order chi connectivity index (χ1) is 5.82. The number of primary sulfonamides is 1. The molecule has 0 saturated heterocycles. The molecule has 0 heterocycles. The normalized spacial score (nSPS) is 11.6. The van der Waals surface area contributed by atoms with E-state index in [4.69, 9.17) is 17.8 Å². The van der Waals surface area contributed by atoms with Crippen molar-refractivity contribution in [2.75, 3.05) is 0 Å². The Morgan fingerprint density at radius 3 is 2.23 bits per heavy atom. The van der Waals surface area contributed by atoms with Crippen LogP contribution < -0.4 is 5.14 Å². The molecule has 13 heavy (non-hydrogen) atoms. The Kier molecular flexibility index (Phi) is 2.61. The molecular formula is C8H10NO2S2. The van der Waals surface area contributed by atoms with Gasteiger partial charge < -0.3 is 0 Å². The first-order valence-electron chi connectivity index (χ1n) is 3.63. The van der Waals surface area contributed by atoms with Gasteiger partial charge in [0.05, 0.1) is 4.90 Å². The lowest BCUT2D eigenvalue weighted by molar-refractivity contribution is 0.597. The van der Waals surface area contributed by atoms with Gasteiger partial charge in [0, 0.05) is 4.90 Å². The minimum absolute atomic E-state index is 0.114. The van der Waals surface area contributed by atoms with Gasteiger partial charge in [0.25, 0.3) is 0 Å². The van der Waals surface area contributed by atoms with E-state index in [1.54, 1.807) is 13.0 Å². The summed E-state index contributed by atoms with van der Waals surface area (Å²) >= 11 is 4.95. The van der Waals surface area contributed by atoms with Crippen molar-refractivity contribution < 1.29 is 8.42 Å². The fourth-order valence-corrected chi connectivity index (χ4v) is 2.16. The van der Waals surface area contributed by atoms with E-state index in [0.717, 1.165) is 5.56 Å². The van der Waals surface area contributed by atoms with E-state index >= 15 is 0 Å². The van der Waals surface area contributed by atoms with Crippen molar-refractivity contribution in [3.63, 3.8) is 0 Å². The predicted octanol–water partition coefficient (Wildman–Crippen LogP) is 1.51. The molecule has 1 aromatic rings. The van der Waals surface area contributed by atoms with Crippen LogP contribution in [0.3, 0.4) is 0 Å². The highest BCUT2D eigenvalue weighted by Crippen LogP contribution is 2.21. The lowest BCUT2D eigenvalue weighted by Crippen LogP contribution is -2.13. The maximum atomic E-state index is 11.0. The molecule has 0 saturated carbocycles. The average molecular weight is 216 g/mol. The summed E-state index contributed by atoms with van der Waals surface area (Å²) in [4.78, 5) is 0.637. The van der Waals surface area contributed by atoms with Crippen LogP contribution in [0.2, 0.25) is 0 Å². The highest BCUT2D eigenvalue weighted by Gasteiger charge is 2.12. The van der Waals surface area contributed by atoms with Crippen molar-refractivity contribution in [1.82, 2.24) is 0 Å². The molecule has 0 spiro atoms. The minimum Gasteiger partial charge on any atom is -0.225 e. The molecule has 0 aliphatic carbocycles. The van der Waals surface area contributed by atoms with Crippen LogP contribution in [0, 0.1) is 13.8 Å². The summed E-state index contributed by atoms with van der Waals surface area (Å²) in [7, 11) is -3.64. The Hall–Kier alpha value is -0.650. The van der Waals surface area contributed by atoms with Crippen molar-refractivity contribution in [1.29, 1.82) is 0 Å². The lowest BCUT2D eigenvalue weighted by atomic mass is 10.2. The second kappa shape index (κ2) is 3.25. The fourth-order valence-electron chi connectivity index (χ4n) is 1.12. The van der Waals surface area contributed by atoms with Crippen LogP contribution in [0.25, 0.3) is 0 Å². The summed E-state index contributed by atoms with van der Waals surface area (Å²) in [5.41, 5.74) is 1.52. The molecule has 3 nitrogen and oxygen atoms in total. The van der Waals surface area contributed by atoms with Crippen LogP contribution in [0.15, 0.2) is 21.9 Å². The van der Waals surface area contributed by atoms with Crippen LogP contribution in [-0.4, -0.2) is 8.42 Å². The molecular weight excluding hydrogens is 206 g/mol. The third kappa shape index (κ3) is 2.18. The van der Waals surface area contributed by atoms with Crippen LogP contribution >= 0.6 is 12.6 Å². The van der Waals surface area contributed by atoms with Crippen LogP contribution in [0.4, 0.5) is 0 Å². The highest BCUT2D eigenvalue weighted by molar-refractivity contribution is 7.89. The van der Waals surface area contributed by atoms with Gasteiger partial charge in [0.15, 0.2) is 0 Å². The number of hydrogen-bond donors (Lipinski definition) is 1. The molecule has 0 atom stereocenters. The molecule has 5 heteroatoms. The zero-order valence-electron chi connectivity index (χ0n) is 7.37. The maximum Gasteiger partial charge on any atom is 0.238 e. The first-order valence-corrected chi connectivity index (χ1v) is 5.59. The summed E-state index contributed by atoms with van der Waals surface area (Å²) in [5, 5.41) is 5.00. The molecule has 0 bridgehead atoms. The molecule has 0 amide bonds. The largest absolute Gasteiger partial charge is 0.238 e. The van der Waals surface area contributed by atoms with Gasteiger partial charge in [0.2, 0.25) is 10.0 Å². The minimum atomic E-state index is -3.64. The SMILES string of the molecule is Cc1cc(C)c(S(N)(=O)=O)cc1[S]. The predicted molar refractivity (Wildman–Crippen MR) is 53.1 cm³/mol. The summed E-state index contributed by atoms with van der Waals surface area (Å²) in [5.74, 6) is 0. The Labute approximate surface area is 83.4 Å². The summed E-state index contributed by atoms with van der Waals surface area (Å²) < 4.78 is 22.1. The quantitative estimate of drug-likeness (QED) is 0.773. The highest BCUT2D eigenvalue weighted by atomic mass is 32.2. The van der Waals surface area contributed by atoms with E-state index in [0.29, 0.717) is 10.5 Å². The first kappa shape index (κ1) is 10.4. The van der Waals surface area contributed by atoms with Gasteiger partial charge in [-0.25, -0.2) is 13.6 Å². The van der Waals surface area contributed by atoms with Crippen LogP contribution in [-0.2, 0) is 10.0 Å². The van der Waals surface area contributed by atoms with E-state index < -0.39 is 10.0 Å². The second-order valence-corrected chi connectivity index (χ2v) is 4.90. The maximum absolute atomic E-state index is 11.0. The third-order valence-electron chi connectivity index (χ3n) is 1.78. The van der Waals surface area contributed by atoms with Gasteiger partial charge in [-0.05, 0) is 31.0 Å². The van der Waals surface area contributed by atoms with E-state index in [-0.39, 0.29) is 4.90 Å².